The van der Waals surface area contributed by atoms with E-state index >= 15 is 0 Å². The van der Waals surface area contributed by atoms with Gasteiger partial charge in [-0.1, -0.05) is 59.3 Å². The van der Waals surface area contributed by atoms with Crippen molar-refractivity contribution in [2.75, 3.05) is 23.4 Å². The van der Waals surface area contributed by atoms with Gasteiger partial charge in [0, 0.05) is 15.7 Å². The molecule has 1 saturated heterocycles. The Morgan fingerprint density at radius 1 is 1.05 bits per heavy atom. The molecule has 37 heavy (non-hydrogen) atoms. The van der Waals surface area contributed by atoms with Crippen LogP contribution >= 0.6 is 47.2 Å². The van der Waals surface area contributed by atoms with Crippen molar-refractivity contribution in [3.8, 4) is 11.5 Å². The smallest absolute Gasteiger partial charge is 0.270 e. The molecule has 1 heterocycles. The number of halogens is 2. The molecule has 0 aliphatic carbocycles. The lowest BCUT2D eigenvalue weighted by Gasteiger charge is -2.15. The van der Waals surface area contributed by atoms with Gasteiger partial charge >= 0.3 is 0 Å². The number of anilines is 2. The quantitative estimate of drug-likeness (QED) is 0.229. The van der Waals surface area contributed by atoms with Crippen molar-refractivity contribution < 1.29 is 19.1 Å². The molecule has 190 valence electrons. The second kappa shape index (κ2) is 12.0. The fourth-order valence-electron chi connectivity index (χ4n) is 3.44. The summed E-state index contributed by atoms with van der Waals surface area (Å²) in [6.45, 7) is 3.93. The van der Waals surface area contributed by atoms with Crippen LogP contribution in [0.1, 0.15) is 18.1 Å². The monoisotopic (exact) mass is 572 g/mol. The highest BCUT2D eigenvalue weighted by molar-refractivity contribution is 8.27. The normalized spacial score (nSPS) is 14.3. The van der Waals surface area contributed by atoms with Crippen molar-refractivity contribution in [2.24, 2.45) is 0 Å². The molecule has 1 fully saturated rings. The fourth-order valence-corrected chi connectivity index (χ4v) is 5.04. The van der Waals surface area contributed by atoms with Gasteiger partial charge < -0.3 is 14.8 Å². The molecule has 4 rings (SSSR count). The zero-order chi connectivity index (χ0) is 26.5. The summed E-state index contributed by atoms with van der Waals surface area (Å²) in [5.41, 5.74) is 2.88. The SMILES string of the molecule is CCOc1cc(/C=C2\SC(=S)N(c3ccc(C)c(Cl)c3)C2=O)ccc1OCC(=O)Nc1ccc(Cl)cc1. The first kappa shape index (κ1) is 27.0. The van der Waals surface area contributed by atoms with Crippen LogP contribution in [-0.2, 0) is 9.59 Å². The van der Waals surface area contributed by atoms with Crippen LogP contribution in [0.5, 0.6) is 11.5 Å². The van der Waals surface area contributed by atoms with Crippen LogP contribution < -0.4 is 19.7 Å². The van der Waals surface area contributed by atoms with Crippen LogP contribution in [0.4, 0.5) is 11.4 Å². The lowest BCUT2D eigenvalue weighted by molar-refractivity contribution is -0.118. The van der Waals surface area contributed by atoms with E-state index in [1.54, 1.807) is 54.6 Å². The number of rotatable bonds is 8. The predicted octanol–water partition coefficient (Wildman–Crippen LogP) is 7.12. The van der Waals surface area contributed by atoms with E-state index in [0.717, 1.165) is 11.1 Å². The first-order valence-electron chi connectivity index (χ1n) is 11.2. The second-order valence-electron chi connectivity index (χ2n) is 7.93. The van der Waals surface area contributed by atoms with Crippen LogP contribution in [0.15, 0.2) is 65.6 Å². The topological polar surface area (TPSA) is 67.9 Å². The third kappa shape index (κ3) is 6.64. The highest BCUT2D eigenvalue weighted by Gasteiger charge is 2.33. The zero-order valence-electron chi connectivity index (χ0n) is 19.9. The third-order valence-corrected chi connectivity index (χ3v) is 7.22. The molecule has 2 amide bonds. The lowest BCUT2D eigenvalue weighted by Crippen LogP contribution is -2.27. The Hall–Kier alpha value is -3.04. The Labute approximate surface area is 234 Å². The third-order valence-electron chi connectivity index (χ3n) is 5.26. The molecule has 6 nitrogen and oxygen atoms in total. The van der Waals surface area contributed by atoms with Crippen LogP contribution in [0.2, 0.25) is 10.0 Å². The molecule has 0 bridgehead atoms. The summed E-state index contributed by atoms with van der Waals surface area (Å²) < 4.78 is 11.9. The van der Waals surface area contributed by atoms with Gasteiger partial charge in [0.2, 0.25) is 0 Å². The minimum Gasteiger partial charge on any atom is -0.490 e. The number of ether oxygens (including phenoxy) is 2. The van der Waals surface area contributed by atoms with E-state index in [9.17, 15) is 9.59 Å². The molecule has 0 aromatic heterocycles. The largest absolute Gasteiger partial charge is 0.490 e. The summed E-state index contributed by atoms with van der Waals surface area (Å²) in [5.74, 6) is 0.309. The van der Waals surface area contributed by atoms with Gasteiger partial charge in [0.05, 0.1) is 17.2 Å². The minimum atomic E-state index is -0.325. The number of carbonyl (C=O) groups is 2. The molecule has 0 atom stereocenters. The number of aryl methyl sites for hydroxylation is 1. The summed E-state index contributed by atoms with van der Waals surface area (Å²) in [4.78, 5) is 27.4. The summed E-state index contributed by atoms with van der Waals surface area (Å²) in [6, 6.07) is 17.4. The highest BCUT2D eigenvalue weighted by atomic mass is 35.5. The minimum absolute atomic E-state index is 0.209. The van der Waals surface area contributed by atoms with E-state index in [1.165, 1.54) is 16.7 Å². The van der Waals surface area contributed by atoms with E-state index in [-0.39, 0.29) is 18.4 Å². The van der Waals surface area contributed by atoms with Crippen molar-refractivity contribution in [3.05, 3.63) is 86.7 Å². The number of amides is 2. The van der Waals surface area contributed by atoms with Crippen LogP contribution in [0.25, 0.3) is 6.08 Å². The van der Waals surface area contributed by atoms with Gasteiger partial charge in [-0.25, -0.2) is 0 Å². The number of nitrogens with one attached hydrogen (secondary N) is 1. The van der Waals surface area contributed by atoms with E-state index in [2.05, 4.69) is 5.32 Å². The maximum absolute atomic E-state index is 13.1. The predicted molar refractivity (Wildman–Crippen MR) is 155 cm³/mol. The summed E-state index contributed by atoms with van der Waals surface area (Å²) in [5, 5.41) is 3.89. The van der Waals surface area contributed by atoms with E-state index in [4.69, 9.17) is 44.9 Å². The summed E-state index contributed by atoms with van der Waals surface area (Å²) in [6.07, 6.45) is 1.74. The first-order valence-corrected chi connectivity index (χ1v) is 13.2. The number of benzene rings is 3. The molecule has 0 unspecified atom stereocenters. The van der Waals surface area contributed by atoms with E-state index in [0.29, 0.717) is 48.8 Å². The van der Waals surface area contributed by atoms with Gasteiger partial charge in [0.15, 0.2) is 22.4 Å². The number of hydrogen-bond donors (Lipinski definition) is 1. The summed E-state index contributed by atoms with van der Waals surface area (Å²) >= 11 is 18.8. The first-order chi connectivity index (χ1) is 17.7. The molecule has 0 radical (unpaired) electrons. The van der Waals surface area contributed by atoms with Crippen LogP contribution in [-0.4, -0.2) is 29.3 Å². The van der Waals surface area contributed by atoms with Crippen molar-refractivity contribution in [2.45, 2.75) is 13.8 Å². The standard InChI is InChI=1S/C27H22Cl2N2O4S2/c1-3-34-23-12-17(5-11-22(23)35-15-25(32)30-19-8-6-18(28)7-9-19)13-24-26(33)31(27(36)37-24)20-10-4-16(2)21(29)14-20/h4-14H,3,15H2,1-2H3,(H,30,32)/b24-13-. The van der Waals surface area contributed by atoms with Crippen molar-refractivity contribution in [1.29, 1.82) is 0 Å². The average molecular weight is 574 g/mol. The van der Waals surface area contributed by atoms with Gasteiger partial charge in [-0.15, -0.1) is 0 Å². The molecule has 0 spiro atoms. The van der Waals surface area contributed by atoms with Gasteiger partial charge in [-0.2, -0.15) is 0 Å². The molecule has 1 aliphatic heterocycles. The van der Waals surface area contributed by atoms with Crippen molar-refractivity contribution in [3.63, 3.8) is 0 Å². The lowest BCUT2D eigenvalue weighted by atomic mass is 10.1. The maximum Gasteiger partial charge on any atom is 0.270 e. The molecule has 10 heteroatoms. The molecular formula is C27H22Cl2N2O4S2. The van der Waals surface area contributed by atoms with Gasteiger partial charge in [-0.05, 0) is 79.6 Å². The second-order valence-corrected chi connectivity index (χ2v) is 10.5. The Bertz CT molecular complexity index is 1390. The number of hydrogen-bond acceptors (Lipinski definition) is 6. The van der Waals surface area contributed by atoms with Gasteiger partial charge in [0.25, 0.3) is 11.8 Å². The highest BCUT2D eigenvalue weighted by Crippen LogP contribution is 2.38. The Morgan fingerprint density at radius 3 is 2.51 bits per heavy atom. The number of thioether (sulfide) groups is 1. The number of carbonyl (C=O) groups excluding carboxylic acids is 2. The molecule has 1 aliphatic rings. The maximum atomic E-state index is 13.1. The average Bonchev–Trinajstić information content (AvgIpc) is 3.14. The number of nitrogens with zero attached hydrogens (tertiary/aromatic N) is 1. The van der Waals surface area contributed by atoms with E-state index in [1.807, 2.05) is 26.0 Å². The van der Waals surface area contributed by atoms with Gasteiger partial charge in [0.1, 0.15) is 0 Å². The number of thiocarbonyl (C=S) groups is 1. The van der Waals surface area contributed by atoms with Crippen LogP contribution in [0, 0.1) is 6.92 Å². The van der Waals surface area contributed by atoms with Crippen LogP contribution in [0.3, 0.4) is 0 Å². The van der Waals surface area contributed by atoms with Gasteiger partial charge in [-0.3, -0.25) is 14.5 Å². The van der Waals surface area contributed by atoms with Crippen molar-refractivity contribution >= 4 is 80.8 Å². The van der Waals surface area contributed by atoms with Crippen molar-refractivity contribution in [1.82, 2.24) is 0 Å². The zero-order valence-corrected chi connectivity index (χ0v) is 23.1. The molecule has 0 saturated carbocycles. The Kier molecular flexibility index (Phi) is 8.76. The molecule has 3 aromatic carbocycles. The molecule has 1 N–H and O–H groups in total. The Balaban J connectivity index is 1.48. The van der Waals surface area contributed by atoms with E-state index < -0.39 is 0 Å². The summed E-state index contributed by atoms with van der Waals surface area (Å²) in [7, 11) is 0. The fraction of sp³-hybridized carbons (Fsp3) is 0.148. The Morgan fingerprint density at radius 2 is 1.81 bits per heavy atom. The molecular weight excluding hydrogens is 551 g/mol. The molecule has 3 aromatic rings.